The number of hydrogen-bond donors (Lipinski definition) is 2. The average Bonchev–Trinajstić information content (AvgIpc) is 2.68. The van der Waals surface area contributed by atoms with Crippen LogP contribution in [0.15, 0.2) is 18.2 Å². The second-order valence-corrected chi connectivity index (χ2v) is 7.90. The first kappa shape index (κ1) is 17.5. The van der Waals surface area contributed by atoms with E-state index in [0.717, 1.165) is 69.0 Å². The van der Waals surface area contributed by atoms with Gasteiger partial charge in [0, 0.05) is 36.3 Å². The first-order valence-corrected chi connectivity index (χ1v) is 9.80. The Bertz CT molecular complexity index is 658. The summed E-state index contributed by atoms with van der Waals surface area (Å²) in [7, 11) is 0. The van der Waals surface area contributed by atoms with E-state index >= 15 is 0 Å². The van der Waals surface area contributed by atoms with E-state index in [4.69, 9.17) is 9.47 Å². The van der Waals surface area contributed by atoms with E-state index < -0.39 is 0 Å². The van der Waals surface area contributed by atoms with Gasteiger partial charge in [-0.2, -0.15) is 0 Å². The van der Waals surface area contributed by atoms with Crippen molar-refractivity contribution in [3.05, 3.63) is 18.2 Å². The molecule has 4 rings (SSSR count). The summed E-state index contributed by atoms with van der Waals surface area (Å²) in [5.41, 5.74) is 0.825. The van der Waals surface area contributed by atoms with Crippen LogP contribution in [0.4, 0.5) is 5.69 Å². The number of likely N-dealkylation sites (tertiary alicyclic amines) is 1. The van der Waals surface area contributed by atoms with Gasteiger partial charge in [0.1, 0.15) is 13.2 Å². The summed E-state index contributed by atoms with van der Waals surface area (Å²) in [6.07, 6.45) is 3.99. The second-order valence-electron chi connectivity index (χ2n) is 7.90. The molecule has 6 nitrogen and oxygen atoms in total. The number of nitrogens with zero attached hydrogens (tertiary/aromatic N) is 1. The number of benzene rings is 1. The highest BCUT2D eigenvalue weighted by molar-refractivity contribution is 5.82. The molecule has 1 atom stereocenters. The van der Waals surface area contributed by atoms with Crippen molar-refractivity contribution < 1.29 is 14.3 Å². The maximum absolute atomic E-state index is 13.1. The lowest BCUT2D eigenvalue weighted by Crippen LogP contribution is -2.52. The highest BCUT2D eigenvalue weighted by atomic mass is 16.6. The summed E-state index contributed by atoms with van der Waals surface area (Å²) in [5, 5.41) is 6.95. The molecule has 3 heterocycles. The van der Waals surface area contributed by atoms with Crippen molar-refractivity contribution in [3.63, 3.8) is 0 Å². The highest BCUT2D eigenvalue weighted by Crippen LogP contribution is 2.34. The fourth-order valence-electron chi connectivity index (χ4n) is 4.22. The number of fused-ring (bicyclic) bond motifs is 1. The summed E-state index contributed by atoms with van der Waals surface area (Å²) < 4.78 is 11.3. The molecule has 142 valence electrons. The lowest BCUT2D eigenvalue weighted by atomic mass is 9.79. The number of nitrogens with one attached hydrogen (secondary N) is 2. The summed E-state index contributed by atoms with van der Waals surface area (Å²) >= 11 is 0. The quantitative estimate of drug-likeness (QED) is 0.867. The largest absolute Gasteiger partial charge is 0.486 e. The summed E-state index contributed by atoms with van der Waals surface area (Å²) in [4.78, 5) is 15.2. The Hall–Kier alpha value is -1.95. The maximum Gasteiger partial charge on any atom is 0.228 e. The third-order valence-corrected chi connectivity index (χ3v) is 5.84. The van der Waals surface area contributed by atoms with Gasteiger partial charge in [-0.15, -0.1) is 0 Å². The number of piperidine rings is 2. The first-order chi connectivity index (χ1) is 12.6. The number of carbonyl (C=O) groups excluding carboxylic acids is 1. The zero-order valence-corrected chi connectivity index (χ0v) is 15.6. The van der Waals surface area contributed by atoms with Crippen LogP contribution in [0.5, 0.6) is 11.5 Å². The van der Waals surface area contributed by atoms with E-state index in [9.17, 15) is 4.79 Å². The maximum atomic E-state index is 13.1. The molecule has 1 aromatic carbocycles. The lowest BCUT2D eigenvalue weighted by molar-refractivity contribution is -0.143. The van der Waals surface area contributed by atoms with Crippen molar-refractivity contribution in [1.29, 1.82) is 0 Å². The fourth-order valence-corrected chi connectivity index (χ4v) is 4.22. The van der Waals surface area contributed by atoms with Gasteiger partial charge in [-0.3, -0.25) is 4.79 Å². The average molecular weight is 359 g/mol. The minimum atomic E-state index is -0.204. The van der Waals surface area contributed by atoms with Gasteiger partial charge in [-0.1, -0.05) is 6.92 Å². The van der Waals surface area contributed by atoms with Crippen molar-refractivity contribution in [2.24, 2.45) is 5.41 Å². The van der Waals surface area contributed by atoms with Crippen LogP contribution in [-0.4, -0.2) is 56.2 Å². The molecule has 1 amide bonds. The van der Waals surface area contributed by atoms with E-state index in [0.29, 0.717) is 19.1 Å². The molecule has 0 aliphatic carbocycles. The van der Waals surface area contributed by atoms with Crippen LogP contribution in [0, 0.1) is 5.41 Å². The van der Waals surface area contributed by atoms with E-state index in [2.05, 4.69) is 22.5 Å². The monoisotopic (exact) mass is 359 g/mol. The standard InChI is InChI=1S/C20H29N3O3/c1-20(6-8-21-9-7-20)19(24)23-10-2-3-16(14-23)22-15-4-5-17-18(13-15)26-12-11-25-17/h4-5,13,16,21-22H,2-3,6-12,14H2,1H3/t16-/m0/s1. The molecule has 26 heavy (non-hydrogen) atoms. The smallest absolute Gasteiger partial charge is 0.228 e. The molecule has 1 aromatic rings. The van der Waals surface area contributed by atoms with Gasteiger partial charge in [0.15, 0.2) is 11.5 Å². The first-order valence-electron chi connectivity index (χ1n) is 9.80. The van der Waals surface area contributed by atoms with Crippen LogP contribution in [0.25, 0.3) is 0 Å². The number of amides is 1. The van der Waals surface area contributed by atoms with Crippen molar-refractivity contribution >= 4 is 11.6 Å². The third-order valence-electron chi connectivity index (χ3n) is 5.84. The lowest BCUT2D eigenvalue weighted by Gasteiger charge is -2.41. The molecule has 0 bridgehead atoms. The predicted octanol–water partition coefficient (Wildman–Crippen LogP) is 2.25. The summed E-state index contributed by atoms with van der Waals surface area (Å²) in [5.74, 6) is 1.93. The number of carbonyl (C=O) groups is 1. The fraction of sp³-hybridized carbons (Fsp3) is 0.650. The second kappa shape index (κ2) is 7.35. The normalized spacial score (nSPS) is 24.8. The van der Waals surface area contributed by atoms with E-state index in [1.807, 2.05) is 18.2 Å². The van der Waals surface area contributed by atoms with Crippen molar-refractivity contribution in [1.82, 2.24) is 10.2 Å². The topological polar surface area (TPSA) is 62.8 Å². The minimum Gasteiger partial charge on any atom is -0.486 e. The Morgan fingerprint density at radius 3 is 2.81 bits per heavy atom. The van der Waals surface area contributed by atoms with Crippen LogP contribution in [0.3, 0.4) is 0 Å². The zero-order valence-electron chi connectivity index (χ0n) is 15.6. The number of hydrogen-bond acceptors (Lipinski definition) is 5. The predicted molar refractivity (Wildman–Crippen MR) is 101 cm³/mol. The molecular formula is C20H29N3O3. The molecule has 0 spiro atoms. The Morgan fingerprint density at radius 1 is 1.23 bits per heavy atom. The molecular weight excluding hydrogens is 330 g/mol. The van der Waals surface area contributed by atoms with Crippen LogP contribution < -0.4 is 20.1 Å². The van der Waals surface area contributed by atoms with E-state index in [1.165, 1.54) is 0 Å². The van der Waals surface area contributed by atoms with Crippen LogP contribution in [0.1, 0.15) is 32.6 Å². The molecule has 3 aliphatic rings. The van der Waals surface area contributed by atoms with Gasteiger partial charge in [0.25, 0.3) is 0 Å². The Kier molecular flexibility index (Phi) is 4.94. The SMILES string of the molecule is CC1(C(=O)N2CCC[C@H](Nc3ccc4c(c3)OCCO4)C2)CCNCC1. The third kappa shape index (κ3) is 3.61. The number of rotatable bonds is 3. The molecule has 2 fully saturated rings. The van der Waals surface area contributed by atoms with Crippen LogP contribution in [0.2, 0.25) is 0 Å². The minimum absolute atomic E-state index is 0.204. The van der Waals surface area contributed by atoms with Gasteiger partial charge in [-0.25, -0.2) is 0 Å². The van der Waals surface area contributed by atoms with Crippen LogP contribution >= 0.6 is 0 Å². The zero-order chi connectivity index (χ0) is 18.0. The molecule has 0 unspecified atom stereocenters. The molecule has 2 N–H and O–H groups in total. The van der Waals surface area contributed by atoms with Crippen molar-refractivity contribution in [2.75, 3.05) is 44.7 Å². The molecule has 0 aromatic heterocycles. The molecule has 0 radical (unpaired) electrons. The molecule has 0 saturated carbocycles. The Balaban J connectivity index is 1.40. The van der Waals surface area contributed by atoms with E-state index in [-0.39, 0.29) is 11.5 Å². The number of anilines is 1. The Morgan fingerprint density at radius 2 is 2.00 bits per heavy atom. The van der Waals surface area contributed by atoms with Crippen molar-refractivity contribution in [2.45, 2.75) is 38.6 Å². The molecule has 6 heteroatoms. The van der Waals surface area contributed by atoms with Crippen LogP contribution in [-0.2, 0) is 4.79 Å². The number of ether oxygens (including phenoxy) is 2. The molecule has 3 aliphatic heterocycles. The van der Waals surface area contributed by atoms with Gasteiger partial charge in [-0.05, 0) is 50.9 Å². The highest BCUT2D eigenvalue weighted by Gasteiger charge is 2.39. The van der Waals surface area contributed by atoms with E-state index in [1.54, 1.807) is 0 Å². The summed E-state index contributed by atoms with van der Waals surface area (Å²) in [6.45, 7) is 6.86. The van der Waals surface area contributed by atoms with Gasteiger partial charge < -0.3 is 25.0 Å². The summed E-state index contributed by atoms with van der Waals surface area (Å²) in [6, 6.07) is 6.27. The van der Waals surface area contributed by atoms with Gasteiger partial charge >= 0.3 is 0 Å². The Labute approximate surface area is 155 Å². The van der Waals surface area contributed by atoms with Crippen molar-refractivity contribution in [3.8, 4) is 11.5 Å². The molecule has 2 saturated heterocycles. The van der Waals surface area contributed by atoms with Gasteiger partial charge in [0.05, 0.1) is 0 Å². The van der Waals surface area contributed by atoms with Gasteiger partial charge in [0.2, 0.25) is 5.91 Å².